The van der Waals surface area contributed by atoms with Gasteiger partial charge >= 0.3 is 0 Å². The standard InChI is InChI=1S/C13H15ClN2O2S/c1-10-7-8-11(2)16(10)15-19(17,18)13-6-4-3-5-12(13)9-14/h3-8,15H,9H2,1-2H3. The van der Waals surface area contributed by atoms with E-state index in [9.17, 15) is 8.42 Å². The molecule has 0 radical (unpaired) electrons. The maximum atomic E-state index is 12.4. The Morgan fingerprint density at radius 1 is 1.11 bits per heavy atom. The van der Waals surface area contributed by atoms with Gasteiger partial charge < -0.3 is 0 Å². The predicted octanol–water partition coefficient (Wildman–Crippen LogP) is 2.78. The van der Waals surface area contributed by atoms with Gasteiger partial charge in [-0.25, -0.2) is 4.83 Å². The fourth-order valence-corrected chi connectivity index (χ4v) is 3.54. The zero-order valence-electron chi connectivity index (χ0n) is 10.7. The Morgan fingerprint density at radius 3 is 2.26 bits per heavy atom. The Morgan fingerprint density at radius 2 is 1.68 bits per heavy atom. The van der Waals surface area contributed by atoms with Crippen molar-refractivity contribution in [2.45, 2.75) is 24.6 Å². The summed E-state index contributed by atoms with van der Waals surface area (Å²) in [5, 5.41) is 0. The SMILES string of the molecule is Cc1ccc(C)n1NS(=O)(=O)c1ccccc1CCl. The van der Waals surface area contributed by atoms with Crippen LogP contribution in [0.15, 0.2) is 41.3 Å². The molecule has 0 atom stereocenters. The van der Waals surface area contributed by atoms with E-state index in [0.29, 0.717) is 5.56 Å². The van der Waals surface area contributed by atoms with Crippen molar-refractivity contribution in [3.63, 3.8) is 0 Å². The predicted molar refractivity (Wildman–Crippen MR) is 76.5 cm³/mol. The molecule has 0 unspecified atom stereocenters. The summed E-state index contributed by atoms with van der Waals surface area (Å²) >= 11 is 5.78. The second kappa shape index (κ2) is 5.27. The van der Waals surface area contributed by atoms with Crippen molar-refractivity contribution in [1.82, 2.24) is 4.68 Å². The molecule has 0 fully saturated rings. The Bertz CT molecular complexity index is 673. The van der Waals surface area contributed by atoms with Crippen molar-refractivity contribution in [2.75, 3.05) is 4.83 Å². The van der Waals surface area contributed by atoms with Gasteiger partial charge in [0.1, 0.15) is 0 Å². The Kier molecular flexibility index (Phi) is 3.87. The molecule has 0 aliphatic heterocycles. The van der Waals surface area contributed by atoms with Gasteiger partial charge in [0.25, 0.3) is 10.0 Å². The molecule has 0 spiro atoms. The van der Waals surface area contributed by atoms with Gasteiger partial charge in [-0.3, -0.25) is 4.68 Å². The van der Waals surface area contributed by atoms with Gasteiger partial charge in [-0.1, -0.05) is 18.2 Å². The molecule has 6 heteroatoms. The zero-order chi connectivity index (χ0) is 14.0. The molecule has 2 rings (SSSR count). The highest BCUT2D eigenvalue weighted by molar-refractivity contribution is 7.92. The highest BCUT2D eigenvalue weighted by Gasteiger charge is 2.18. The molecular weight excluding hydrogens is 284 g/mol. The van der Waals surface area contributed by atoms with E-state index in [1.807, 2.05) is 26.0 Å². The second-order valence-electron chi connectivity index (χ2n) is 4.29. The van der Waals surface area contributed by atoms with Crippen molar-refractivity contribution in [3.8, 4) is 0 Å². The normalized spacial score (nSPS) is 11.5. The number of hydrogen-bond acceptors (Lipinski definition) is 2. The van der Waals surface area contributed by atoms with Crippen LogP contribution in [0.3, 0.4) is 0 Å². The number of hydrogen-bond donors (Lipinski definition) is 1. The fraction of sp³-hybridized carbons (Fsp3) is 0.231. The minimum absolute atomic E-state index is 0.153. The lowest BCUT2D eigenvalue weighted by Gasteiger charge is -2.14. The van der Waals surface area contributed by atoms with Gasteiger partial charge in [-0.15, -0.1) is 11.6 Å². The lowest BCUT2D eigenvalue weighted by atomic mass is 10.2. The van der Waals surface area contributed by atoms with E-state index in [2.05, 4.69) is 4.83 Å². The number of halogens is 1. The number of nitrogens with one attached hydrogen (secondary N) is 1. The third kappa shape index (κ3) is 2.77. The molecule has 1 aromatic carbocycles. The van der Waals surface area contributed by atoms with E-state index in [1.165, 1.54) is 0 Å². The van der Waals surface area contributed by atoms with E-state index in [4.69, 9.17) is 11.6 Å². The molecule has 4 nitrogen and oxygen atoms in total. The van der Waals surface area contributed by atoms with Crippen molar-refractivity contribution in [1.29, 1.82) is 0 Å². The molecule has 0 saturated carbocycles. The third-order valence-electron chi connectivity index (χ3n) is 2.89. The minimum atomic E-state index is -3.64. The summed E-state index contributed by atoms with van der Waals surface area (Å²) in [6.45, 7) is 3.67. The molecule has 1 N–H and O–H groups in total. The quantitative estimate of drug-likeness (QED) is 0.883. The Hall–Kier alpha value is -1.46. The third-order valence-corrected chi connectivity index (χ3v) is 4.58. The largest absolute Gasteiger partial charge is 0.275 e. The van der Waals surface area contributed by atoms with Gasteiger partial charge in [0.05, 0.1) is 4.90 Å². The van der Waals surface area contributed by atoms with E-state index in [-0.39, 0.29) is 10.8 Å². The number of sulfonamides is 1. The zero-order valence-corrected chi connectivity index (χ0v) is 12.3. The molecule has 19 heavy (non-hydrogen) atoms. The second-order valence-corrected chi connectivity index (χ2v) is 6.18. The molecule has 2 aromatic rings. The van der Waals surface area contributed by atoms with Crippen LogP contribution in [0.1, 0.15) is 17.0 Å². The monoisotopic (exact) mass is 298 g/mol. The average Bonchev–Trinajstić information content (AvgIpc) is 2.70. The van der Waals surface area contributed by atoms with E-state index in [1.54, 1.807) is 28.9 Å². The first kappa shape index (κ1) is 14.0. The van der Waals surface area contributed by atoms with Crippen LogP contribution in [0.2, 0.25) is 0 Å². The van der Waals surface area contributed by atoms with Crippen LogP contribution in [0.4, 0.5) is 0 Å². The van der Waals surface area contributed by atoms with Crippen LogP contribution in [-0.2, 0) is 15.9 Å². The number of aryl methyl sites for hydroxylation is 2. The van der Waals surface area contributed by atoms with Crippen molar-refractivity contribution in [2.24, 2.45) is 0 Å². The number of nitrogens with zero attached hydrogens (tertiary/aromatic N) is 1. The summed E-state index contributed by atoms with van der Waals surface area (Å²) in [5.74, 6) is 0.153. The fourth-order valence-electron chi connectivity index (χ4n) is 1.86. The minimum Gasteiger partial charge on any atom is -0.256 e. The lowest BCUT2D eigenvalue weighted by molar-refractivity contribution is 0.593. The van der Waals surface area contributed by atoms with Crippen molar-refractivity contribution < 1.29 is 8.42 Å². The highest BCUT2D eigenvalue weighted by atomic mass is 35.5. The molecule has 0 aliphatic carbocycles. The topological polar surface area (TPSA) is 51.1 Å². The maximum absolute atomic E-state index is 12.4. The van der Waals surface area contributed by atoms with Crippen LogP contribution in [0.5, 0.6) is 0 Å². The first-order chi connectivity index (χ1) is 8.95. The average molecular weight is 299 g/mol. The smallest absolute Gasteiger partial charge is 0.256 e. The van der Waals surface area contributed by atoms with Crippen LogP contribution < -0.4 is 4.83 Å². The van der Waals surface area contributed by atoms with E-state index >= 15 is 0 Å². The van der Waals surface area contributed by atoms with Gasteiger partial charge in [-0.2, -0.15) is 8.42 Å². The van der Waals surface area contributed by atoms with Gasteiger partial charge in [-0.05, 0) is 37.6 Å². The van der Waals surface area contributed by atoms with Crippen molar-refractivity contribution >= 4 is 21.6 Å². The summed E-state index contributed by atoms with van der Waals surface area (Å²) in [6.07, 6.45) is 0. The van der Waals surface area contributed by atoms with Crippen LogP contribution in [0.25, 0.3) is 0 Å². The number of rotatable bonds is 4. The molecule has 1 heterocycles. The first-order valence-electron chi connectivity index (χ1n) is 5.77. The van der Waals surface area contributed by atoms with Crippen LogP contribution in [0, 0.1) is 13.8 Å². The molecule has 0 amide bonds. The summed E-state index contributed by atoms with van der Waals surface area (Å²) in [5.41, 5.74) is 2.23. The molecule has 102 valence electrons. The van der Waals surface area contributed by atoms with Gasteiger partial charge in [0, 0.05) is 17.3 Å². The molecule has 0 saturated heterocycles. The van der Waals surface area contributed by atoms with Crippen LogP contribution in [-0.4, -0.2) is 13.1 Å². The van der Waals surface area contributed by atoms with E-state index < -0.39 is 10.0 Å². The number of alkyl halides is 1. The summed E-state index contributed by atoms with van der Waals surface area (Å²) in [6, 6.07) is 10.4. The van der Waals surface area contributed by atoms with Gasteiger partial charge in [0.2, 0.25) is 0 Å². The highest BCUT2D eigenvalue weighted by Crippen LogP contribution is 2.18. The summed E-state index contributed by atoms with van der Waals surface area (Å²) in [7, 11) is -3.64. The Labute approximate surface area is 118 Å². The summed E-state index contributed by atoms with van der Waals surface area (Å²) < 4.78 is 26.3. The first-order valence-corrected chi connectivity index (χ1v) is 7.79. The molecule has 1 aromatic heterocycles. The molecule has 0 bridgehead atoms. The van der Waals surface area contributed by atoms with Crippen LogP contribution >= 0.6 is 11.6 Å². The number of benzene rings is 1. The maximum Gasteiger partial charge on any atom is 0.275 e. The van der Waals surface area contributed by atoms with Gasteiger partial charge in [0.15, 0.2) is 0 Å². The lowest BCUT2D eigenvalue weighted by Crippen LogP contribution is -2.25. The molecule has 0 aliphatic rings. The number of aromatic nitrogens is 1. The molecular formula is C13H15ClN2O2S. The Balaban J connectivity index is 2.44. The van der Waals surface area contributed by atoms with E-state index in [0.717, 1.165) is 11.4 Å². The van der Waals surface area contributed by atoms with Crippen molar-refractivity contribution in [3.05, 3.63) is 53.3 Å². The summed E-state index contributed by atoms with van der Waals surface area (Å²) in [4.78, 5) is 2.76.